The largest absolute Gasteiger partial charge is 0.396 e. The molecule has 0 aliphatic rings. The molecule has 0 saturated heterocycles. The van der Waals surface area contributed by atoms with Crippen LogP contribution in [-0.2, 0) is 0 Å². The molecule has 15 heavy (non-hydrogen) atoms. The van der Waals surface area contributed by atoms with E-state index >= 15 is 0 Å². The van der Waals surface area contributed by atoms with E-state index in [2.05, 4.69) is 15.3 Å². The van der Waals surface area contributed by atoms with Crippen molar-refractivity contribution >= 4 is 5.82 Å². The van der Waals surface area contributed by atoms with Crippen LogP contribution in [0.4, 0.5) is 5.82 Å². The van der Waals surface area contributed by atoms with Gasteiger partial charge in [0.05, 0.1) is 11.4 Å². The van der Waals surface area contributed by atoms with Crippen molar-refractivity contribution in [3.8, 4) is 0 Å². The summed E-state index contributed by atoms with van der Waals surface area (Å²) in [6.45, 7) is 8.66. The number of rotatable bonds is 4. The van der Waals surface area contributed by atoms with E-state index in [1.807, 2.05) is 27.7 Å². The Kier molecular flexibility index (Phi) is 3.63. The molecular formula is C11H19N3O. The predicted octanol–water partition coefficient (Wildman–Crippen LogP) is 1.52. The minimum Gasteiger partial charge on any atom is -0.396 e. The highest BCUT2D eigenvalue weighted by Crippen LogP contribution is 2.16. The third kappa shape index (κ3) is 3.47. The van der Waals surface area contributed by atoms with Crippen LogP contribution in [0.5, 0.6) is 0 Å². The zero-order valence-corrected chi connectivity index (χ0v) is 9.83. The Balaban J connectivity index is 2.69. The zero-order chi connectivity index (χ0) is 11.5. The lowest BCUT2D eigenvalue weighted by atomic mass is 9.95. The Morgan fingerprint density at radius 3 is 2.67 bits per heavy atom. The minimum atomic E-state index is -0.141. The van der Waals surface area contributed by atoms with E-state index < -0.39 is 0 Å². The molecule has 0 amide bonds. The molecule has 2 N–H and O–H groups in total. The number of nitrogens with one attached hydrogen (secondary N) is 1. The molecule has 0 radical (unpaired) electrons. The molecular weight excluding hydrogens is 190 g/mol. The molecule has 84 valence electrons. The van der Waals surface area contributed by atoms with E-state index in [-0.39, 0.29) is 12.0 Å². The van der Waals surface area contributed by atoms with Crippen LogP contribution < -0.4 is 5.32 Å². The Morgan fingerprint density at radius 2 is 2.07 bits per heavy atom. The van der Waals surface area contributed by atoms with Crippen molar-refractivity contribution in [2.24, 2.45) is 5.41 Å². The normalized spacial score (nSPS) is 11.5. The van der Waals surface area contributed by atoms with Crippen LogP contribution in [0, 0.1) is 19.3 Å². The van der Waals surface area contributed by atoms with Crippen molar-refractivity contribution < 1.29 is 5.11 Å². The number of hydrogen-bond acceptors (Lipinski definition) is 4. The molecule has 4 heteroatoms. The monoisotopic (exact) mass is 209 g/mol. The molecule has 0 unspecified atom stereocenters. The number of aromatic nitrogens is 2. The van der Waals surface area contributed by atoms with Gasteiger partial charge in [-0.15, -0.1) is 0 Å². The summed E-state index contributed by atoms with van der Waals surface area (Å²) in [5.41, 5.74) is 1.64. The number of anilines is 1. The summed E-state index contributed by atoms with van der Waals surface area (Å²) < 4.78 is 0. The van der Waals surface area contributed by atoms with Gasteiger partial charge in [0.2, 0.25) is 0 Å². The van der Waals surface area contributed by atoms with Gasteiger partial charge in [0.1, 0.15) is 5.82 Å². The zero-order valence-electron chi connectivity index (χ0n) is 9.83. The fourth-order valence-corrected chi connectivity index (χ4v) is 1.08. The SMILES string of the molecule is Cc1cnc(C)c(NCC(C)(C)CO)n1. The summed E-state index contributed by atoms with van der Waals surface area (Å²) in [4.78, 5) is 8.57. The molecule has 0 aromatic carbocycles. The Morgan fingerprint density at radius 1 is 1.40 bits per heavy atom. The first kappa shape index (κ1) is 11.9. The molecule has 1 rings (SSSR count). The first-order valence-corrected chi connectivity index (χ1v) is 5.09. The molecule has 0 saturated carbocycles. The predicted molar refractivity (Wildman–Crippen MR) is 60.9 cm³/mol. The highest BCUT2D eigenvalue weighted by molar-refractivity contribution is 5.39. The Labute approximate surface area is 90.8 Å². The van der Waals surface area contributed by atoms with Gasteiger partial charge in [-0.1, -0.05) is 13.8 Å². The summed E-state index contributed by atoms with van der Waals surface area (Å²) in [6, 6.07) is 0. The van der Waals surface area contributed by atoms with Crippen LogP contribution in [0.2, 0.25) is 0 Å². The van der Waals surface area contributed by atoms with Gasteiger partial charge >= 0.3 is 0 Å². The topological polar surface area (TPSA) is 58.0 Å². The van der Waals surface area contributed by atoms with Gasteiger partial charge in [-0.2, -0.15) is 0 Å². The van der Waals surface area contributed by atoms with Crippen molar-refractivity contribution in [1.82, 2.24) is 9.97 Å². The second kappa shape index (κ2) is 4.57. The van der Waals surface area contributed by atoms with E-state index in [1.165, 1.54) is 0 Å². The minimum absolute atomic E-state index is 0.141. The molecule has 4 nitrogen and oxygen atoms in total. The third-order valence-corrected chi connectivity index (χ3v) is 2.24. The van der Waals surface area contributed by atoms with Crippen LogP contribution in [0.1, 0.15) is 25.2 Å². The van der Waals surface area contributed by atoms with Crippen molar-refractivity contribution in [3.63, 3.8) is 0 Å². The van der Waals surface area contributed by atoms with Gasteiger partial charge in [0, 0.05) is 24.8 Å². The number of nitrogens with zero attached hydrogens (tertiary/aromatic N) is 2. The van der Waals surface area contributed by atoms with E-state index in [0.717, 1.165) is 17.2 Å². The van der Waals surface area contributed by atoms with Gasteiger partial charge in [-0.25, -0.2) is 4.98 Å². The summed E-state index contributed by atoms with van der Waals surface area (Å²) in [7, 11) is 0. The first-order valence-electron chi connectivity index (χ1n) is 5.09. The molecule has 1 aromatic heterocycles. The van der Waals surface area contributed by atoms with Crippen LogP contribution in [0.15, 0.2) is 6.20 Å². The van der Waals surface area contributed by atoms with Crippen molar-refractivity contribution in [3.05, 3.63) is 17.6 Å². The summed E-state index contributed by atoms with van der Waals surface area (Å²) in [5.74, 6) is 0.802. The number of aliphatic hydroxyl groups is 1. The highest BCUT2D eigenvalue weighted by Gasteiger charge is 2.16. The molecule has 0 spiro atoms. The number of aliphatic hydroxyl groups excluding tert-OH is 1. The standard InChI is InChI=1S/C11H19N3O/c1-8-5-12-9(2)10(14-8)13-6-11(3,4)7-15/h5,15H,6-7H2,1-4H3,(H,13,14). The van der Waals surface area contributed by atoms with E-state index in [9.17, 15) is 0 Å². The summed E-state index contributed by atoms with van der Waals surface area (Å²) in [5, 5.41) is 12.3. The first-order chi connectivity index (χ1) is 6.94. The summed E-state index contributed by atoms with van der Waals surface area (Å²) in [6.07, 6.45) is 1.75. The van der Waals surface area contributed by atoms with Crippen molar-refractivity contribution in [2.45, 2.75) is 27.7 Å². The molecule has 1 heterocycles. The van der Waals surface area contributed by atoms with Gasteiger partial charge < -0.3 is 10.4 Å². The second-order valence-corrected chi connectivity index (χ2v) is 4.62. The summed E-state index contributed by atoms with van der Waals surface area (Å²) >= 11 is 0. The highest BCUT2D eigenvalue weighted by atomic mass is 16.3. The fraction of sp³-hybridized carbons (Fsp3) is 0.636. The quantitative estimate of drug-likeness (QED) is 0.789. The average molecular weight is 209 g/mol. The number of aryl methyl sites for hydroxylation is 2. The number of hydrogen-bond donors (Lipinski definition) is 2. The average Bonchev–Trinajstić information content (AvgIpc) is 2.20. The van der Waals surface area contributed by atoms with Crippen molar-refractivity contribution in [1.29, 1.82) is 0 Å². The molecule has 0 aliphatic heterocycles. The van der Waals surface area contributed by atoms with E-state index in [4.69, 9.17) is 5.11 Å². The third-order valence-electron chi connectivity index (χ3n) is 2.24. The maximum Gasteiger partial charge on any atom is 0.147 e. The molecule has 0 fully saturated rings. The molecule has 0 bridgehead atoms. The maximum absolute atomic E-state index is 9.12. The van der Waals surface area contributed by atoms with Gasteiger partial charge in [-0.05, 0) is 13.8 Å². The van der Waals surface area contributed by atoms with Gasteiger partial charge in [-0.3, -0.25) is 4.98 Å². The smallest absolute Gasteiger partial charge is 0.147 e. The van der Waals surface area contributed by atoms with Gasteiger partial charge in [0.15, 0.2) is 0 Å². The fourth-order valence-electron chi connectivity index (χ4n) is 1.08. The van der Waals surface area contributed by atoms with E-state index in [1.54, 1.807) is 6.20 Å². The Bertz CT molecular complexity index is 337. The molecule has 0 atom stereocenters. The Hall–Kier alpha value is -1.16. The van der Waals surface area contributed by atoms with Crippen molar-refractivity contribution in [2.75, 3.05) is 18.5 Å². The van der Waals surface area contributed by atoms with Gasteiger partial charge in [0.25, 0.3) is 0 Å². The van der Waals surface area contributed by atoms with E-state index in [0.29, 0.717) is 6.54 Å². The van der Waals surface area contributed by atoms with Crippen LogP contribution in [0.25, 0.3) is 0 Å². The van der Waals surface area contributed by atoms with Crippen LogP contribution >= 0.6 is 0 Å². The molecule has 0 aliphatic carbocycles. The lowest BCUT2D eigenvalue weighted by molar-refractivity contribution is 0.170. The molecule has 1 aromatic rings. The van der Waals surface area contributed by atoms with Crippen LogP contribution in [0.3, 0.4) is 0 Å². The maximum atomic E-state index is 9.12. The van der Waals surface area contributed by atoms with Crippen LogP contribution in [-0.4, -0.2) is 28.2 Å². The lowest BCUT2D eigenvalue weighted by Crippen LogP contribution is -2.27. The second-order valence-electron chi connectivity index (χ2n) is 4.62. The lowest BCUT2D eigenvalue weighted by Gasteiger charge is -2.22.